The van der Waals surface area contributed by atoms with E-state index >= 15 is 0 Å². The highest BCUT2D eigenvalue weighted by atomic mass is 16.2. The smallest absolute Gasteiger partial charge is 0.321 e. The Labute approximate surface area is 189 Å². The lowest BCUT2D eigenvalue weighted by atomic mass is 10.1. The molecule has 32 heavy (non-hydrogen) atoms. The van der Waals surface area contributed by atoms with Crippen LogP contribution in [0.4, 0.5) is 16.3 Å². The van der Waals surface area contributed by atoms with Crippen molar-refractivity contribution in [3.63, 3.8) is 0 Å². The fraction of sp³-hybridized carbons (Fsp3) is 0.500. The molecule has 170 valence electrons. The van der Waals surface area contributed by atoms with Crippen molar-refractivity contribution in [1.29, 1.82) is 0 Å². The molecule has 0 aliphatic carbocycles. The summed E-state index contributed by atoms with van der Waals surface area (Å²) in [6.07, 6.45) is 2.11. The summed E-state index contributed by atoms with van der Waals surface area (Å²) in [5.41, 5.74) is 2.23. The molecule has 0 atom stereocenters. The lowest BCUT2D eigenvalue weighted by Gasteiger charge is -2.35. The third-order valence-corrected chi connectivity index (χ3v) is 6.02. The molecular weight excluding hydrogens is 404 g/mol. The van der Waals surface area contributed by atoms with E-state index in [1.54, 1.807) is 6.07 Å². The van der Waals surface area contributed by atoms with E-state index in [9.17, 15) is 9.59 Å². The second-order valence-electron chi connectivity index (χ2n) is 8.86. The Morgan fingerprint density at radius 3 is 2.34 bits per heavy atom. The molecule has 3 amide bonds. The van der Waals surface area contributed by atoms with E-state index in [1.165, 1.54) is 0 Å². The molecule has 2 fully saturated rings. The van der Waals surface area contributed by atoms with Gasteiger partial charge in [0.05, 0.1) is 0 Å². The molecule has 0 bridgehead atoms. The number of nitrogens with one attached hydrogen (secondary N) is 1. The van der Waals surface area contributed by atoms with Crippen molar-refractivity contribution < 1.29 is 9.59 Å². The standard InChI is InChI=1S/C24H32N6O2/c1-17(2)22-25-18(3)15-21(27-22)28-11-13-30(14-12-28)24(32)26-20-8-6-7-19(16-20)23(31)29-9-4-5-10-29/h6-8,15-17H,4-5,9-14H2,1-3H3,(H,26,32). The zero-order chi connectivity index (χ0) is 22.7. The Morgan fingerprint density at radius 1 is 0.938 bits per heavy atom. The third kappa shape index (κ3) is 5.00. The number of hydrogen-bond donors (Lipinski definition) is 1. The number of aryl methyl sites for hydroxylation is 1. The van der Waals surface area contributed by atoms with E-state index in [1.807, 2.05) is 41.0 Å². The largest absolute Gasteiger partial charge is 0.353 e. The molecule has 2 aromatic rings. The topological polar surface area (TPSA) is 81.7 Å². The lowest BCUT2D eigenvalue weighted by Crippen LogP contribution is -2.50. The predicted octanol–water partition coefficient (Wildman–Crippen LogP) is 3.50. The number of rotatable bonds is 4. The summed E-state index contributed by atoms with van der Waals surface area (Å²) >= 11 is 0. The van der Waals surface area contributed by atoms with Crippen molar-refractivity contribution >= 4 is 23.4 Å². The van der Waals surface area contributed by atoms with Crippen LogP contribution in [0.3, 0.4) is 0 Å². The molecular formula is C24H32N6O2. The van der Waals surface area contributed by atoms with E-state index < -0.39 is 0 Å². The van der Waals surface area contributed by atoms with Gasteiger partial charge in [-0.25, -0.2) is 14.8 Å². The number of likely N-dealkylation sites (tertiary alicyclic amines) is 1. The zero-order valence-corrected chi connectivity index (χ0v) is 19.2. The van der Waals surface area contributed by atoms with Crippen LogP contribution in [0, 0.1) is 6.92 Å². The third-order valence-electron chi connectivity index (χ3n) is 6.02. The van der Waals surface area contributed by atoms with Crippen LogP contribution in [0.15, 0.2) is 30.3 Å². The van der Waals surface area contributed by atoms with Gasteiger partial charge in [0.15, 0.2) is 0 Å². The van der Waals surface area contributed by atoms with E-state index in [-0.39, 0.29) is 17.9 Å². The Bertz CT molecular complexity index is 978. The number of benzene rings is 1. The number of anilines is 2. The number of hydrogen-bond acceptors (Lipinski definition) is 5. The zero-order valence-electron chi connectivity index (χ0n) is 19.2. The molecule has 8 nitrogen and oxygen atoms in total. The molecule has 4 rings (SSSR count). The summed E-state index contributed by atoms with van der Waals surface area (Å²) in [5.74, 6) is 2.08. The highest BCUT2D eigenvalue weighted by Gasteiger charge is 2.24. The van der Waals surface area contributed by atoms with Gasteiger partial charge in [-0.15, -0.1) is 0 Å². The first-order valence-electron chi connectivity index (χ1n) is 11.5. The van der Waals surface area contributed by atoms with Crippen molar-refractivity contribution in [2.24, 2.45) is 0 Å². The van der Waals surface area contributed by atoms with Crippen molar-refractivity contribution in [3.8, 4) is 0 Å². The van der Waals surface area contributed by atoms with E-state index in [0.717, 1.165) is 56.4 Å². The number of piperazine rings is 1. The van der Waals surface area contributed by atoms with Gasteiger partial charge in [-0.3, -0.25) is 4.79 Å². The van der Waals surface area contributed by atoms with Gasteiger partial charge >= 0.3 is 6.03 Å². The van der Waals surface area contributed by atoms with Gasteiger partial charge < -0.3 is 20.0 Å². The molecule has 2 aliphatic rings. The summed E-state index contributed by atoms with van der Waals surface area (Å²) in [7, 11) is 0. The normalized spacial score (nSPS) is 16.6. The first-order valence-corrected chi connectivity index (χ1v) is 11.5. The predicted molar refractivity (Wildman–Crippen MR) is 125 cm³/mol. The fourth-order valence-electron chi connectivity index (χ4n) is 4.17. The first kappa shape index (κ1) is 22.0. The van der Waals surface area contributed by atoms with Crippen LogP contribution in [0.1, 0.15) is 54.5 Å². The van der Waals surface area contributed by atoms with Gasteiger partial charge in [-0.05, 0) is 38.0 Å². The molecule has 0 radical (unpaired) electrons. The molecule has 0 spiro atoms. The van der Waals surface area contributed by atoms with Crippen LogP contribution in [0.25, 0.3) is 0 Å². The van der Waals surface area contributed by atoms with E-state index in [2.05, 4.69) is 29.0 Å². The van der Waals surface area contributed by atoms with Crippen molar-refractivity contribution in [2.75, 3.05) is 49.5 Å². The Balaban J connectivity index is 1.35. The van der Waals surface area contributed by atoms with Crippen LogP contribution >= 0.6 is 0 Å². The number of urea groups is 1. The van der Waals surface area contributed by atoms with E-state index in [4.69, 9.17) is 4.98 Å². The number of amides is 3. The monoisotopic (exact) mass is 436 g/mol. The Hall–Kier alpha value is -3.16. The van der Waals surface area contributed by atoms with Crippen LogP contribution in [-0.4, -0.2) is 71.0 Å². The fourth-order valence-corrected chi connectivity index (χ4v) is 4.17. The van der Waals surface area contributed by atoms with Crippen LogP contribution in [-0.2, 0) is 0 Å². The first-order chi connectivity index (χ1) is 15.4. The van der Waals surface area contributed by atoms with Crippen LogP contribution in [0.2, 0.25) is 0 Å². The molecule has 1 aromatic carbocycles. The summed E-state index contributed by atoms with van der Waals surface area (Å²) in [5, 5.41) is 2.96. The molecule has 2 aliphatic heterocycles. The maximum Gasteiger partial charge on any atom is 0.321 e. The minimum atomic E-state index is -0.142. The second kappa shape index (κ2) is 9.54. The minimum absolute atomic E-state index is 0.0353. The quantitative estimate of drug-likeness (QED) is 0.793. The van der Waals surface area contributed by atoms with Crippen molar-refractivity contribution in [1.82, 2.24) is 19.8 Å². The summed E-state index contributed by atoms with van der Waals surface area (Å²) in [6.45, 7) is 10.4. The molecule has 3 heterocycles. The molecule has 0 saturated carbocycles. The summed E-state index contributed by atoms with van der Waals surface area (Å²) < 4.78 is 0. The van der Waals surface area contributed by atoms with Crippen LogP contribution < -0.4 is 10.2 Å². The minimum Gasteiger partial charge on any atom is -0.353 e. The molecule has 1 N–H and O–H groups in total. The number of carbonyl (C=O) groups excluding carboxylic acids is 2. The molecule has 1 aromatic heterocycles. The highest BCUT2D eigenvalue weighted by molar-refractivity contribution is 5.97. The Kier molecular flexibility index (Phi) is 6.58. The van der Waals surface area contributed by atoms with Gasteiger partial charge in [0.2, 0.25) is 0 Å². The maximum atomic E-state index is 12.8. The summed E-state index contributed by atoms with van der Waals surface area (Å²) in [6, 6.07) is 9.09. The molecule has 8 heteroatoms. The van der Waals surface area contributed by atoms with Gasteiger partial charge in [0, 0.05) is 68.2 Å². The average molecular weight is 437 g/mol. The maximum absolute atomic E-state index is 12.8. The van der Waals surface area contributed by atoms with Crippen molar-refractivity contribution in [2.45, 2.75) is 39.5 Å². The highest BCUT2D eigenvalue weighted by Crippen LogP contribution is 2.20. The molecule has 0 unspecified atom stereocenters. The van der Waals surface area contributed by atoms with Gasteiger partial charge in [0.25, 0.3) is 5.91 Å². The molecule has 2 saturated heterocycles. The van der Waals surface area contributed by atoms with Crippen molar-refractivity contribution in [3.05, 3.63) is 47.4 Å². The SMILES string of the molecule is Cc1cc(N2CCN(C(=O)Nc3cccc(C(=O)N4CCCC4)c3)CC2)nc(C(C)C)n1. The number of nitrogens with zero attached hydrogens (tertiary/aromatic N) is 5. The Morgan fingerprint density at radius 2 is 1.66 bits per heavy atom. The van der Waals surface area contributed by atoms with Gasteiger partial charge in [-0.2, -0.15) is 0 Å². The average Bonchev–Trinajstić information content (AvgIpc) is 3.33. The van der Waals surface area contributed by atoms with Gasteiger partial charge in [-0.1, -0.05) is 19.9 Å². The van der Waals surface area contributed by atoms with Crippen LogP contribution in [0.5, 0.6) is 0 Å². The lowest BCUT2D eigenvalue weighted by molar-refractivity contribution is 0.0793. The van der Waals surface area contributed by atoms with E-state index in [0.29, 0.717) is 24.3 Å². The summed E-state index contributed by atoms with van der Waals surface area (Å²) in [4.78, 5) is 40.6. The number of carbonyl (C=O) groups is 2. The van der Waals surface area contributed by atoms with Gasteiger partial charge in [0.1, 0.15) is 11.6 Å². The second-order valence-corrected chi connectivity index (χ2v) is 8.86. The number of aromatic nitrogens is 2.